The maximum Gasteiger partial charge on any atom is 0.308 e. The molecular weight excluding hydrogens is 156 g/mol. The molecule has 0 amide bonds. The van der Waals surface area contributed by atoms with Crippen LogP contribution in [-0.4, -0.2) is 24.3 Å². The molecule has 0 aromatic carbocycles. The van der Waals surface area contributed by atoms with E-state index in [0.717, 1.165) is 12.8 Å². The molecule has 0 aromatic rings. The van der Waals surface area contributed by atoms with Crippen LogP contribution >= 0.6 is 0 Å². The Hall–Kier alpha value is -0.570. The Morgan fingerprint density at radius 3 is 2.58 bits per heavy atom. The monoisotopic (exact) mass is 172 g/mol. The molecule has 1 rings (SSSR count). The van der Waals surface area contributed by atoms with Crippen LogP contribution in [0.5, 0.6) is 0 Å². The fourth-order valence-corrected chi connectivity index (χ4v) is 1.93. The van der Waals surface area contributed by atoms with Crippen LogP contribution in [0.3, 0.4) is 0 Å². The molecule has 0 bridgehead atoms. The lowest BCUT2D eigenvalue weighted by Crippen LogP contribution is -2.30. The van der Waals surface area contributed by atoms with Gasteiger partial charge in [-0.05, 0) is 25.2 Å². The predicted molar refractivity (Wildman–Crippen MR) is 44.5 cm³/mol. The van der Waals surface area contributed by atoms with E-state index in [-0.39, 0.29) is 18.0 Å². The first-order valence-corrected chi connectivity index (χ1v) is 4.39. The van der Waals surface area contributed by atoms with Gasteiger partial charge in [0.15, 0.2) is 0 Å². The average Bonchev–Trinajstić information content (AvgIpc) is 2.01. The zero-order valence-corrected chi connectivity index (χ0v) is 7.62. The van der Waals surface area contributed by atoms with Crippen LogP contribution in [0.4, 0.5) is 0 Å². The van der Waals surface area contributed by atoms with Gasteiger partial charge < -0.3 is 9.84 Å². The summed E-state index contributed by atoms with van der Waals surface area (Å²) in [7, 11) is 1.40. The van der Waals surface area contributed by atoms with Crippen LogP contribution < -0.4 is 0 Å². The third kappa shape index (κ3) is 2.21. The second-order valence-corrected chi connectivity index (χ2v) is 3.69. The van der Waals surface area contributed by atoms with E-state index in [2.05, 4.69) is 11.7 Å². The third-order valence-electron chi connectivity index (χ3n) is 2.45. The number of rotatable bonds is 1. The molecule has 0 radical (unpaired) electrons. The zero-order valence-electron chi connectivity index (χ0n) is 7.62. The van der Waals surface area contributed by atoms with Crippen molar-refractivity contribution < 1.29 is 14.6 Å². The smallest absolute Gasteiger partial charge is 0.308 e. The number of carbonyl (C=O) groups is 1. The summed E-state index contributed by atoms with van der Waals surface area (Å²) in [5.74, 6) is 0.159. The third-order valence-corrected chi connectivity index (χ3v) is 2.45. The van der Waals surface area contributed by atoms with Gasteiger partial charge >= 0.3 is 5.97 Å². The Bertz CT molecular complexity index is 157. The van der Waals surface area contributed by atoms with Gasteiger partial charge in [-0.15, -0.1) is 0 Å². The molecule has 0 unspecified atom stereocenters. The molecule has 3 atom stereocenters. The Labute approximate surface area is 72.7 Å². The summed E-state index contributed by atoms with van der Waals surface area (Å²) in [6, 6.07) is 0. The molecule has 0 heterocycles. The zero-order chi connectivity index (χ0) is 9.14. The van der Waals surface area contributed by atoms with Crippen LogP contribution in [0.25, 0.3) is 0 Å². The van der Waals surface area contributed by atoms with E-state index in [4.69, 9.17) is 0 Å². The minimum absolute atomic E-state index is 0.0891. The van der Waals surface area contributed by atoms with Gasteiger partial charge in [0.1, 0.15) is 0 Å². The fraction of sp³-hybridized carbons (Fsp3) is 0.889. The Morgan fingerprint density at radius 1 is 1.42 bits per heavy atom. The second kappa shape index (κ2) is 3.90. The number of esters is 1. The largest absolute Gasteiger partial charge is 0.469 e. The second-order valence-electron chi connectivity index (χ2n) is 3.69. The summed E-state index contributed by atoms with van der Waals surface area (Å²) in [6.45, 7) is 2.05. The molecule has 3 nitrogen and oxygen atoms in total. The molecule has 0 aliphatic heterocycles. The minimum atomic E-state index is -0.321. The van der Waals surface area contributed by atoms with Crippen molar-refractivity contribution >= 4 is 5.97 Å². The van der Waals surface area contributed by atoms with Gasteiger partial charge in [-0.1, -0.05) is 6.92 Å². The van der Waals surface area contributed by atoms with Gasteiger partial charge in [0.25, 0.3) is 0 Å². The molecule has 0 spiro atoms. The molecule has 1 aliphatic carbocycles. The van der Waals surface area contributed by atoms with Crippen LogP contribution in [0, 0.1) is 11.8 Å². The molecule has 0 aromatic heterocycles. The van der Waals surface area contributed by atoms with E-state index in [1.807, 2.05) is 0 Å². The number of hydrogen-bond donors (Lipinski definition) is 1. The predicted octanol–water partition coefficient (Wildman–Crippen LogP) is 0.956. The Morgan fingerprint density at radius 2 is 2.08 bits per heavy atom. The SMILES string of the molecule is COC(=O)[C@@H]1C[C@H](C)C[C@H](O)C1. The molecular formula is C9H16O3. The fourth-order valence-electron chi connectivity index (χ4n) is 1.93. The minimum Gasteiger partial charge on any atom is -0.469 e. The molecule has 1 fully saturated rings. The number of aliphatic hydroxyl groups excluding tert-OH is 1. The van der Waals surface area contributed by atoms with Crippen LogP contribution in [-0.2, 0) is 9.53 Å². The van der Waals surface area contributed by atoms with Crippen molar-refractivity contribution in [3.05, 3.63) is 0 Å². The lowest BCUT2D eigenvalue weighted by atomic mass is 9.81. The van der Waals surface area contributed by atoms with Crippen molar-refractivity contribution in [1.29, 1.82) is 0 Å². The van der Waals surface area contributed by atoms with Gasteiger partial charge in [-0.2, -0.15) is 0 Å². The normalized spacial score (nSPS) is 36.1. The standard InChI is InChI=1S/C9H16O3/c1-6-3-7(9(11)12-2)5-8(10)4-6/h6-8,10H,3-5H2,1-2H3/t6-,7+,8-/m0/s1. The van der Waals surface area contributed by atoms with E-state index in [1.54, 1.807) is 0 Å². The summed E-state index contributed by atoms with van der Waals surface area (Å²) in [4.78, 5) is 11.1. The summed E-state index contributed by atoms with van der Waals surface area (Å²) in [5, 5.41) is 9.39. The first-order chi connectivity index (χ1) is 5.63. The maximum absolute atomic E-state index is 11.1. The maximum atomic E-state index is 11.1. The summed E-state index contributed by atoms with van der Waals surface area (Å²) in [5.41, 5.74) is 0. The molecule has 1 N–H and O–H groups in total. The van der Waals surface area contributed by atoms with Crippen LogP contribution in [0.2, 0.25) is 0 Å². The lowest BCUT2D eigenvalue weighted by molar-refractivity contribution is -0.148. The van der Waals surface area contributed by atoms with Crippen molar-refractivity contribution in [2.45, 2.75) is 32.3 Å². The number of hydrogen-bond acceptors (Lipinski definition) is 3. The van der Waals surface area contributed by atoms with E-state index in [9.17, 15) is 9.90 Å². The van der Waals surface area contributed by atoms with Crippen molar-refractivity contribution in [1.82, 2.24) is 0 Å². The van der Waals surface area contributed by atoms with Crippen molar-refractivity contribution in [3.8, 4) is 0 Å². The molecule has 12 heavy (non-hydrogen) atoms. The van der Waals surface area contributed by atoms with Crippen molar-refractivity contribution in [3.63, 3.8) is 0 Å². The number of carbonyl (C=O) groups excluding carboxylic acids is 1. The quantitative estimate of drug-likeness (QED) is 0.599. The average molecular weight is 172 g/mol. The first-order valence-electron chi connectivity index (χ1n) is 4.39. The van der Waals surface area contributed by atoms with Gasteiger partial charge in [-0.25, -0.2) is 0 Å². The van der Waals surface area contributed by atoms with Crippen LogP contribution in [0.15, 0.2) is 0 Å². The highest BCUT2D eigenvalue weighted by atomic mass is 16.5. The van der Waals surface area contributed by atoms with Gasteiger partial charge in [0.2, 0.25) is 0 Å². The van der Waals surface area contributed by atoms with E-state index in [0.29, 0.717) is 12.3 Å². The summed E-state index contributed by atoms with van der Waals surface area (Å²) < 4.78 is 4.64. The highest BCUT2D eigenvalue weighted by Crippen LogP contribution is 2.29. The highest BCUT2D eigenvalue weighted by molar-refractivity contribution is 5.72. The lowest BCUT2D eigenvalue weighted by Gasteiger charge is -2.28. The van der Waals surface area contributed by atoms with E-state index < -0.39 is 0 Å². The number of methoxy groups -OCH3 is 1. The van der Waals surface area contributed by atoms with Gasteiger partial charge in [0, 0.05) is 0 Å². The summed E-state index contributed by atoms with van der Waals surface area (Å²) >= 11 is 0. The molecule has 1 aliphatic rings. The van der Waals surface area contributed by atoms with Crippen LogP contribution in [0.1, 0.15) is 26.2 Å². The number of ether oxygens (including phenoxy) is 1. The summed E-state index contributed by atoms with van der Waals surface area (Å²) in [6.07, 6.45) is 1.91. The molecule has 1 saturated carbocycles. The molecule has 3 heteroatoms. The van der Waals surface area contributed by atoms with E-state index >= 15 is 0 Å². The first kappa shape index (κ1) is 9.52. The number of aliphatic hydroxyl groups is 1. The molecule has 70 valence electrons. The van der Waals surface area contributed by atoms with Gasteiger partial charge in [0.05, 0.1) is 19.1 Å². The Balaban J connectivity index is 2.49. The van der Waals surface area contributed by atoms with Crippen molar-refractivity contribution in [2.24, 2.45) is 11.8 Å². The topological polar surface area (TPSA) is 46.5 Å². The van der Waals surface area contributed by atoms with E-state index in [1.165, 1.54) is 7.11 Å². The van der Waals surface area contributed by atoms with Gasteiger partial charge in [-0.3, -0.25) is 4.79 Å². The molecule has 0 saturated heterocycles. The Kier molecular flexibility index (Phi) is 3.09. The van der Waals surface area contributed by atoms with Crippen molar-refractivity contribution in [2.75, 3.05) is 7.11 Å². The highest BCUT2D eigenvalue weighted by Gasteiger charge is 2.30.